The normalized spacial score (nSPS) is 14.2. The van der Waals surface area contributed by atoms with Gasteiger partial charge in [0.15, 0.2) is 5.69 Å². The number of carboxylic acids is 1. The lowest BCUT2D eigenvalue weighted by molar-refractivity contribution is -0.140. The Kier molecular flexibility index (Phi) is 3.12. The minimum absolute atomic E-state index is 0.0246. The van der Waals surface area contributed by atoms with Crippen molar-refractivity contribution >= 4 is 11.9 Å². The SMILES string of the molecule is COC(=O)Cc1nc(C(=O)O)c2n1CCCC2. The molecule has 1 aliphatic heterocycles. The lowest BCUT2D eigenvalue weighted by Crippen LogP contribution is -2.16. The van der Waals surface area contributed by atoms with Gasteiger partial charge < -0.3 is 14.4 Å². The van der Waals surface area contributed by atoms with Gasteiger partial charge in [-0.25, -0.2) is 9.78 Å². The first-order valence-corrected chi connectivity index (χ1v) is 5.52. The minimum atomic E-state index is -1.04. The van der Waals surface area contributed by atoms with Crippen LogP contribution in [0.1, 0.15) is 34.8 Å². The predicted octanol–water partition coefficient (Wildman–Crippen LogP) is 0.633. The van der Waals surface area contributed by atoms with Crippen molar-refractivity contribution in [3.05, 3.63) is 17.2 Å². The molecule has 2 rings (SSSR count). The van der Waals surface area contributed by atoms with E-state index < -0.39 is 11.9 Å². The second-order valence-electron chi connectivity index (χ2n) is 3.99. The number of esters is 1. The van der Waals surface area contributed by atoms with E-state index in [1.165, 1.54) is 7.11 Å². The number of hydrogen-bond acceptors (Lipinski definition) is 4. The van der Waals surface area contributed by atoms with Gasteiger partial charge in [-0.15, -0.1) is 0 Å². The van der Waals surface area contributed by atoms with Crippen molar-refractivity contribution in [3.8, 4) is 0 Å². The predicted molar refractivity (Wildman–Crippen MR) is 57.8 cm³/mol. The first-order valence-electron chi connectivity index (χ1n) is 5.52. The summed E-state index contributed by atoms with van der Waals surface area (Å²) in [6.07, 6.45) is 2.67. The number of aromatic carboxylic acids is 1. The summed E-state index contributed by atoms with van der Waals surface area (Å²) in [5.74, 6) is -0.948. The number of carboxylic acid groups (broad SMARTS) is 1. The lowest BCUT2D eigenvalue weighted by Gasteiger charge is -2.16. The van der Waals surface area contributed by atoms with E-state index in [1.54, 1.807) is 0 Å². The highest BCUT2D eigenvalue weighted by Gasteiger charge is 2.24. The third kappa shape index (κ3) is 2.15. The maximum atomic E-state index is 11.2. The maximum absolute atomic E-state index is 11.2. The first kappa shape index (κ1) is 11.6. The van der Waals surface area contributed by atoms with Gasteiger partial charge in [-0.05, 0) is 19.3 Å². The van der Waals surface area contributed by atoms with Crippen molar-refractivity contribution in [2.45, 2.75) is 32.2 Å². The molecule has 92 valence electrons. The molecule has 0 saturated heterocycles. The Bertz CT molecular complexity index is 464. The summed E-state index contributed by atoms with van der Waals surface area (Å²) in [5.41, 5.74) is 0.797. The molecule has 0 unspecified atom stereocenters. The van der Waals surface area contributed by atoms with Crippen molar-refractivity contribution in [2.75, 3.05) is 7.11 Å². The van der Waals surface area contributed by atoms with E-state index in [-0.39, 0.29) is 12.1 Å². The highest BCUT2D eigenvalue weighted by atomic mass is 16.5. The number of carbonyl (C=O) groups is 2. The summed E-state index contributed by atoms with van der Waals surface area (Å²) in [6, 6.07) is 0. The zero-order valence-electron chi connectivity index (χ0n) is 9.60. The van der Waals surface area contributed by atoms with Crippen molar-refractivity contribution < 1.29 is 19.4 Å². The van der Waals surface area contributed by atoms with Crippen LogP contribution >= 0.6 is 0 Å². The van der Waals surface area contributed by atoms with Gasteiger partial charge in [-0.3, -0.25) is 4.79 Å². The molecule has 0 bridgehead atoms. The van der Waals surface area contributed by atoms with Crippen molar-refractivity contribution in [3.63, 3.8) is 0 Å². The Hall–Kier alpha value is -1.85. The quantitative estimate of drug-likeness (QED) is 0.781. The summed E-state index contributed by atoms with van der Waals surface area (Å²) >= 11 is 0. The highest BCUT2D eigenvalue weighted by molar-refractivity contribution is 5.87. The third-order valence-corrected chi connectivity index (χ3v) is 2.93. The van der Waals surface area contributed by atoms with E-state index in [0.29, 0.717) is 12.2 Å². The number of fused-ring (bicyclic) bond motifs is 1. The molecule has 0 aliphatic carbocycles. The van der Waals surface area contributed by atoms with Crippen LogP contribution < -0.4 is 0 Å². The van der Waals surface area contributed by atoms with E-state index >= 15 is 0 Å². The summed E-state index contributed by atoms with van der Waals surface area (Å²) in [5, 5.41) is 9.05. The fourth-order valence-electron chi connectivity index (χ4n) is 2.12. The molecule has 6 nitrogen and oxygen atoms in total. The van der Waals surface area contributed by atoms with Crippen LogP contribution in [0, 0.1) is 0 Å². The molecule has 1 aromatic rings. The van der Waals surface area contributed by atoms with Crippen LogP contribution in [0.5, 0.6) is 0 Å². The smallest absolute Gasteiger partial charge is 0.356 e. The second-order valence-corrected chi connectivity index (χ2v) is 3.99. The monoisotopic (exact) mass is 238 g/mol. The molecule has 0 aromatic carbocycles. The molecule has 1 aromatic heterocycles. The number of rotatable bonds is 3. The zero-order chi connectivity index (χ0) is 12.4. The van der Waals surface area contributed by atoms with Gasteiger partial charge in [0, 0.05) is 6.54 Å². The summed E-state index contributed by atoms with van der Waals surface area (Å²) in [4.78, 5) is 26.3. The number of nitrogens with zero attached hydrogens (tertiary/aromatic N) is 2. The molecule has 0 radical (unpaired) electrons. The summed E-state index contributed by atoms with van der Waals surface area (Å²) < 4.78 is 6.41. The highest BCUT2D eigenvalue weighted by Crippen LogP contribution is 2.21. The van der Waals surface area contributed by atoms with Gasteiger partial charge in [0.05, 0.1) is 12.8 Å². The van der Waals surface area contributed by atoms with Gasteiger partial charge in [-0.1, -0.05) is 0 Å². The Balaban J connectivity index is 2.38. The fourth-order valence-corrected chi connectivity index (χ4v) is 2.12. The molecule has 17 heavy (non-hydrogen) atoms. The molecule has 0 fully saturated rings. The Morgan fingerprint density at radius 1 is 1.47 bits per heavy atom. The van der Waals surface area contributed by atoms with E-state index in [0.717, 1.165) is 25.1 Å². The van der Waals surface area contributed by atoms with Gasteiger partial charge >= 0.3 is 11.9 Å². The Morgan fingerprint density at radius 3 is 2.88 bits per heavy atom. The number of hydrogen-bond donors (Lipinski definition) is 1. The van der Waals surface area contributed by atoms with Gasteiger partial charge in [-0.2, -0.15) is 0 Å². The van der Waals surface area contributed by atoms with Crippen LogP contribution in [0.2, 0.25) is 0 Å². The van der Waals surface area contributed by atoms with Crippen LogP contribution in [0.15, 0.2) is 0 Å². The third-order valence-electron chi connectivity index (χ3n) is 2.93. The second kappa shape index (κ2) is 4.57. The zero-order valence-corrected chi connectivity index (χ0v) is 9.60. The first-order chi connectivity index (χ1) is 8.13. The fraction of sp³-hybridized carbons (Fsp3) is 0.545. The molecule has 6 heteroatoms. The molecular weight excluding hydrogens is 224 g/mol. The summed E-state index contributed by atoms with van der Waals surface area (Å²) in [7, 11) is 1.31. The van der Waals surface area contributed by atoms with Crippen LogP contribution in [0.4, 0.5) is 0 Å². The number of imidazole rings is 1. The Labute approximate surface area is 98.2 Å². The van der Waals surface area contributed by atoms with Crippen LogP contribution in [-0.2, 0) is 28.9 Å². The van der Waals surface area contributed by atoms with E-state index in [2.05, 4.69) is 9.72 Å². The molecule has 1 N–H and O–H groups in total. The molecule has 0 spiro atoms. The number of methoxy groups -OCH3 is 1. The minimum Gasteiger partial charge on any atom is -0.476 e. The van der Waals surface area contributed by atoms with Crippen LogP contribution in [0.3, 0.4) is 0 Å². The number of carbonyl (C=O) groups excluding carboxylic acids is 1. The molecule has 0 saturated carbocycles. The van der Waals surface area contributed by atoms with E-state index in [1.807, 2.05) is 4.57 Å². The average Bonchev–Trinajstić information content (AvgIpc) is 2.68. The van der Waals surface area contributed by atoms with Crippen LogP contribution in [0.25, 0.3) is 0 Å². The Morgan fingerprint density at radius 2 is 2.24 bits per heavy atom. The van der Waals surface area contributed by atoms with Crippen molar-refractivity contribution in [2.24, 2.45) is 0 Å². The van der Waals surface area contributed by atoms with Crippen molar-refractivity contribution in [1.82, 2.24) is 9.55 Å². The maximum Gasteiger partial charge on any atom is 0.356 e. The van der Waals surface area contributed by atoms with Gasteiger partial charge in [0.25, 0.3) is 0 Å². The lowest BCUT2D eigenvalue weighted by atomic mass is 10.1. The number of ether oxygens (including phenoxy) is 1. The summed E-state index contributed by atoms with van der Waals surface area (Å²) in [6.45, 7) is 0.724. The number of aromatic nitrogens is 2. The van der Waals surface area contributed by atoms with Gasteiger partial charge in [0.1, 0.15) is 12.2 Å². The average molecular weight is 238 g/mol. The molecule has 0 atom stereocenters. The largest absolute Gasteiger partial charge is 0.476 e. The molecule has 0 amide bonds. The van der Waals surface area contributed by atoms with Crippen LogP contribution in [-0.4, -0.2) is 33.7 Å². The van der Waals surface area contributed by atoms with Gasteiger partial charge in [0.2, 0.25) is 0 Å². The molecule has 2 heterocycles. The molecular formula is C11H14N2O4. The topological polar surface area (TPSA) is 81.4 Å². The van der Waals surface area contributed by atoms with E-state index in [9.17, 15) is 9.59 Å². The van der Waals surface area contributed by atoms with E-state index in [4.69, 9.17) is 5.11 Å². The molecule has 1 aliphatic rings. The van der Waals surface area contributed by atoms with Crippen molar-refractivity contribution in [1.29, 1.82) is 0 Å². The standard InChI is InChI=1S/C11H14N2O4/c1-17-9(14)6-8-12-10(11(15)16)7-4-2-3-5-13(7)8/h2-6H2,1H3,(H,15,16).